The lowest BCUT2D eigenvalue weighted by molar-refractivity contribution is -0.00257. The quantitative estimate of drug-likeness (QED) is 0.693. The Morgan fingerprint density at radius 2 is 1.77 bits per heavy atom. The van der Waals surface area contributed by atoms with Crippen LogP contribution in [-0.2, 0) is 9.47 Å². The Balaban J connectivity index is 1.49. The van der Waals surface area contributed by atoms with Gasteiger partial charge in [0.05, 0.1) is 32.5 Å². The Kier molecular flexibility index (Phi) is 6.81. The highest BCUT2D eigenvalue weighted by Gasteiger charge is 2.32. The molecule has 4 atom stereocenters. The lowest BCUT2D eigenvalue weighted by Crippen LogP contribution is -2.36. The smallest absolute Gasteiger partial charge is 0.149 e. The molecule has 0 bridgehead atoms. The molecule has 2 aliphatic heterocycles. The van der Waals surface area contributed by atoms with E-state index < -0.39 is 18.1 Å². The summed E-state index contributed by atoms with van der Waals surface area (Å²) < 4.78 is 59.5. The molecule has 2 aromatic carbocycles. The fraction of sp³-hybridized carbons (Fsp3) is 0.478. The SMILES string of the molecule is CNC[C@@H]1OCC(CNC[C@@H]2OC[C@H](F)c3ccc(F)cc32)c2cc(OC)cc(F)c21. The van der Waals surface area contributed by atoms with Gasteiger partial charge in [-0.1, -0.05) is 6.07 Å². The highest BCUT2D eigenvalue weighted by molar-refractivity contribution is 5.42. The van der Waals surface area contributed by atoms with Crippen LogP contribution in [0.3, 0.4) is 0 Å². The number of hydrogen-bond acceptors (Lipinski definition) is 5. The van der Waals surface area contributed by atoms with Crippen molar-refractivity contribution < 1.29 is 27.4 Å². The highest BCUT2D eigenvalue weighted by Crippen LogP contribution is 2.38. The van der Waals surface area contributed by atoms with E-state index in [1.54, 1.807) is 7.05 Å². The molecule has 0 aromatic heterocycles. The van der Waals surface area contributed by atoms with Gasteiger partial charge < -0.3 is 24.8 Å². The Morgan fingerprint density at radius 1 is 0.968 bits per heavy atom. The largest absolute Gasteiger partial charge is 0.497 e. The third kappa shape index (κ3) is 4.57. The van der Waals surface area contributed by atoms with Crippen molar-refractivity contribution in [3.05, 3.63) is 64.2 Å². The van der Waals surface area contributed by atoms with Crippen LogP contribution in [-0.4, -0.2) is 47.0 Å². The first-order valence-corrected chi connectivity index (χ1v) is 10.4. The molecule has 8 heteroatoms. The van der Waals surface area contributed by atoms with Gasteiger partial charge in [0.2, 0.25) is 0 Å². The molecule has 2 heterocycles. The minimum absolute atomic E-state index is 0.0611. The molecule has 2 aliphatic rings. The predicted molar refractivity (Wildman–Crippen MR) is 110 cm³/mol. The van der Waals surface area contributed by atoms with E-state index in [4.69, 9.17) is 14.2 Å². The Morgan fingerprint density at radius 3 is 2.55 bits per heavy atom. The first kappa shape index (κ1) is 22.1. The Labute approximate surface area is 179 Å². The molecular weight excluding hydrogens is 409 g/mol. The summed E-state index contributed by atoms with van der Waals surface area (Å²) in [6, 6.07) is 7.30. The van der Waals surface area contributed by atoms with E-state index in [1.807, 2.05) is 6.07 Å². The van der Waals surface area contributed by atoms with Crippen LogP contribution in [0, 0.1) is 11.6 Å². The van der Waals surface area contributed by atoms with E-state index in [1.165, 1.54) is 31.4 Å². The molecule has 5 nitrogen and oxygen atoms in total. The zero-order chi connectivity index (χ0) is 22.0. The van der Waals surface area contributed by atoms with E-state index in [9.17, 15) is 13.2 Å². The average molecular weight is 436 g/mol. The summed E-state index contributed by atoms with van der Waals surface area (Å²) in [6.45, 7) is 1.73. The molecule has 0 saturated carbocycles. The van der Waals surface area contributed by atoms with Gasteiger partial charge in [-0.15, -0.1) is 0 Å². The van der Waals surface area contributed by atoms with Crippen molar-refractivity contribution in [2.24, 2.45) is 0 Å². The lowest BCUT2D eigenvalue weighted by atomic mass is 9.88. The van der Waals surface area contributed by atoms with Gasteiger partial charge in [0, 0.05) is 37.2 Å². The first-order valence-electron chi connectivity index (χ1n) is 10.4. The third-order valence-electron chi connectivity index (χ3n) is 5.92. The van der Waals surface area contributed by atoms with Crippen molar-refractivity contribution in [1.82, 2.24) is 10.6 Å². The minimum Gasteiger partial charge on any atom is -0.497 e. The first-order chi connectivity index (χ1) is 15.0. The van der Waals surface area contributed by atoms with Crippen LogP contribution < -0.4 is 15.4 Å². The average Bonchev–Trinajstić information content (AvgIpc) is 2.76. The fourth-order valence-corrected chi connectivity index (χ4v) is 4.38. The number of alkyl halides is 1. The third-order valence-corrected chi connectivity index (χ3v) is 5.92. The molecule has 1 unspecified atom stereocenters. The number of ether oxygens (including phenoxy) is 3. The van der Waals surface area contributed by atoms with Gasteiger partial charge in [-0.2, -0.15) is 0 Å². The maximum atomic E-state index is 14.8. The number of hydrogen-bond donors (Lipinski definition) is 2. The summed E-state index contributed by atoms with van der Waals surface area (Å²) in [6.07, 6.45) is -2.09. The maximum Gasteiger partial charge on any atom is 0.149 e. The van der Waals surface area contributed by atoms with Gasteiger partial charge in [0.15, 0.2) is 0 Å². The van der Waals surface area contributed by atoms with Crippen molar-refractivity contribution in [1.29, 1.82) is 0 Å². The second kappa shape index (κ2) is 9.56. The number of methoxy groups -OCH3 is 1. The van der Waals surface area contributed by atoms with Gasteiger partial charge in [0.1, 0.15) is 23.6 Å². The van der Waals surface area contributed by atoms with Crippen molar-refractivity contribution in [2.45, 2.75) is 24.3 Å². The Bertz CT molecular complexity index is 927. The van der Waals surface area contributed by atoms with Crippen molar-refractivity contribution >= 4 is 0 Å². The molecule has 0 radical (unpaired) electrons. The monoisotopic (exact) mass is 436 g/mol. The molecule has 2 N–H and O–H groups in total. The number of halogens is 3. The van der Waals surface area contributed by atoms with E-state index >= 15 is 0 Å². The van der Waals surface area contributed by atoms with Crippen LogP contribution >= 0.6 is 0 Å². The molecule has 0 aliphatic carbocycles. The summed E-state index contributed by atoms with van der Waals surface area (Å²) in [4.78, 5) is 0. The number of rotatable bonds is 7. The second-order valence-corrected chi connectivity index (χ2v) is 7.91. The highest BCUT2D eigenvalue weighted by atomic mass is 19.1. The van der Waals surface area contributed by atoms with E-state index in [-0.39, 0.29) is 24.4 Å². The molecule has 0 spiro atoms. The van der Waals surface area contributed by atoms with Gasteiger partial charge in [-0.3, -0.25) is 0 Å². The number of nitrogens with one attached hydrogen (secondary N) is 2. The van der Waals surface area contributed by atoms with Crippen LogP contribution in [0.15, 0.2) is 30.3 Å². The molecule has 0 fully saturated rings. The normalized spacial score (nSPS) is 25.1. The van der Waals surface area contributed by atoms with Gasteiger partial charge in [-0.05, 0) is 41.9 Å². The number of likely N-dealkylation sites (N-methyl/N-ethyl adjacent to an activating group) is 1. The van der Waals surface area contributed by atoms with Gasteiger partial charge >= 0.3 is 0 Å². The second-order valence-electron chi connectivity index (χ2n) is 7.91. The van der Waals surface area contributed by atoms with E-state index in [2.05, 4.69) is 10.6 Å². The van der Waals surface area contributed by atoms with Gasteiger partial charge in [-0.25, -0.2) is 13.2 Å². The van der Waals surface area contributed by atoms with Crippen LogP contribution in [0.4, 0.5) is 13.2 Å². The summed E-state index contributed by atoms with van der Waals surface area (Å²) in [5, 5.41) is 6.35. The lowest BCUT2D eigenvalue weighted by Gasteiger charge is -2.33. The minimum atomic E-state index is -1.26. The van der Waals surface area contributed by atoms with Crippen LogP contribution in [0.5, 0.6) is 5.75 Å². The molecule has 4 rings (SSSR count). The number of benzene rings is 2. The zero-order valence-electron chi connectivity index (χ0n) is 17.6. The zero-order valence-corrected chi connectivity index (χ0v) is 17.6. The molecular formula is C23H27F3N2O3. The maximum absolute atomic E-state index is 14.8. The van der Waals surface area contributed by atoms with Crippen molar-refractivity contribution in [3.63, 3.8) is 0 Å². The van der Waals surface area contributed by atoms with Crippen LogP contribution in [0.2, 0.25) is 0 Å². The summed E-state index contributed by atoms with van der Waals surface area (Å²) >= 11 is 0. The molecule has 31 heavy (non-hydrogen) atoms. The summed E-state index contributed by atoms with van der Waals surface area (Å²) in [5.74, 6) is -0.417. The number of fused-ring (bicyclic) bond motifs is 2. The molecule has 0 saturated heterocycles. The van der Waals surface area contributed by atoms with Crippen molar-refractivity contribution in [2.75, 3.05) is 47.0 Å². The molecule has 0 amide bonds. The topological polar surface area (TPSA) is 51.8 Å². The summed E-state index contributed by atoms with van der Waals surface area (Å²) in [5.41, 5.74) is 2.37. The van der Waals surface area contributed by atoms with E-state index in [0.29, 0.717) is 48.7 Å². The van der Waals surface area contributed by atoms with Gasteiger partial charge in [0.25, 0.3) is 0 Å². The van der Waals surface area contributed by atoms with Crippen LogP contribution in [0.25, 0.3) is 0 Å². The predicted octanol–water partition coefficient (Wildman–Crippen LogP) is 3.72. The van der Waals surface area contributed by atoms with Crippen LogP contribution in [0.1, 0.15) is 46.6 Å². The fourth-order valence-electron chi connectivity index (χ4n) is 4.38. The van der Waals surface area contributed by atoms with Crippen molar-refractivity contribution in [3.8, 4) is 5.75 Å². The standard InChI is InChI=1S/C23H27F3N2O3/c1-27-9-22-23-17(6-15(29-2)7-19(23)25)13(11-30-22)8-28-10-21-18-5-14(24)3-4-16(18)20(26)12-31-21/h3-7,13,20-22,27-28H,8-12H2,1-2H3/t13?,20-,21-,22-/m0/s1. The molecule has 168 valence electrons. The molecule has 2 aromatic rings. The summed E-state index contributed by atoms with van der Waals surface area (Å²) in [7, 11) is 3.30. The van der Waals surface area contributed by atoms with E-state index in [0.717, 1.165) is 5.56 Å². The Hall–Kier alpha value is -2.13.